The monoisotopic (exact) mass is 598 g/mol. The Morgan fingerprint density at radius 2 is 0.667 bits per heavy atom. The fourth-order valence-electron chi connectivity index (χ4n) is 1.62. The molecule has 0 radical (unpaired) electrons. The molecule has 0 rings (SSSR count). The standard InChI is InChI=1S/C10Cl2F20Si/c11-33(12,2(15)1(13)14)10(31,32)8(26,27)6(22,23)4(18,19)3(16,17)5(20,21)7(24,25)9(28,29)30. The van der Waals surface area contributed by atoms with Crippen LogP contribution in [0.4, 0.5) is 87.8 Å². The van der Waals surface area contributed by atoms with E-state index in [0.717, 1.165) is 0 Å². The molecule has 0 bridgehead atoms. The van der Waals surface area contributed by atoms with Crippen LogP contribution in [0.3, 0.4) is 0 Å². The molecule has 0 saturated heterocycles. The van der Waals surface area contributed by atoms with Gasteiger partial charge in [0.05, 0.1) is 0 Å². The predicted molar refractivity (Wildman–Crippen MR) is 68.5 cm³/mol. The van der Waals surface area contributed by atoms with E-state index in [1.54, 1.807) is 0 Å². The van der Waals surface area contributed by atoms with E-state index in [1.807, 2.05) is 0 Å². The van der Waals surface area contributed by atoms with Crippen LogP contribution in [-0.4, -0.2) is 54.0 Å². The molecule has 0 N–H and O–H groups in total. The van der Waals surface area contributed by atoms with Gasteiger partial charge in [-0.15, -0.1) is 22.2 Å². The third kappa shape index (κ3) is 4.02. The van der Waals surface area contributed by atoms with Crippen molar-refractivity contribution in [1.29, 1.82) is 0 Å². The van der Waals surface area contributed by atoms with Crippen LogP contribution >= 0.6 is 22.2 Å². The van der Waals surface area contributed by atoms with Gasteiger partial charge in [-0.2, -0.15) is 74.6 Å². The minimum Gasteiger partial charge on any atom is -0.208 e. The van der Waals surface area contributed by atoms with E-state index in [-0.39, 0.29) is 0 Å². The Kier molecular flexibility index (Phi) is 7.87. The molecule has 0 nitrogen and oxygen atoms in total. The SMILES string of the molecule is FC(F)=C(F)[Si](Cl)(Cl)C(F)(F)C(F)(F)C(F)(F)C(F)(F)C(F)(F)C(F)(F)C(F)(F)C(F)(F)F. The molecule has 0 aliphatic heterocycles. The lowest BCUT2D eigenvalue weighted by atomic mass is 9.91. The Morgan fingerprint density at radius 1 is 0.424 bits per heavy atom. The van der Waals surface area contributed by atoms with E-state index in [0.29, 0.717) is 0 Å². The van der Waals surface area contributed by atoms with Crippen LogP contribution in [0.5, 0.6) is 0 Å². The van der Waals surface area contributed by atoms with Crippen molar-refractivity contribution >= 4 is 28.9 Å². The fraction of sp³-hybridized carbons (Fsp3) is 0.800. The molecule has 0 heterocycles. The molecule has 0 fully saturated rings. The second-order valence-corrected chi connectivity index (χ2v) is 11.9. The van der Waals surface area contributed by atoms with Gasteiger partial charge < -0.3 is 0 Å². The summed E-state index contributed by atoms with van der Waals surface area (Å²) in [4.78, 5) is 0. The quantitative estimate of drug-likeness (QED) is 0.151. The minimum absolute atomic E-state index is 4.05. The van der Waals surface area contributed by atoms with Crippen molar-refractivity contribution in [2.45, 2.75) is 47.3 Å². The topological polar surface area (TPSA) is 0 Å². The van der Waals surface area contributed by atoms with Crippen LogP contribution in [0, 0.1) is 0 Å². The first kappa shape index (κ1) is 32.1. The highest BCUT2D eigenvalue weighted by molar-refractivity contribution is 7.49. The molecule has 0 aromatic heterocycles. The van der Waals surface area contributed by atoms with Crippen molar-refractivity contribution < 1.29 is 87.8 Å². The molecular formula is C10Cl2F20Si. The molecule has 0 amide bonds. The Bertz CT molecular complexity index is 774. The average Bonchev–Trinajstić information content (AvgIpc) is 2.58. The van der Waals surface area contributed by atoms with Gasteiger partial charge in [0.25, 0.3) is 6.08 Å². The van der Waals surface area contributed by atoms with Crippen molar-refractivity contribution in [3.8, 4) is 0 Å². The third-order valence-corrected chi connectivity index (χ3v) is 7.82. The first-order valence-corrected chi connectivity index (χ1v) is 10.7. The van der Waals surface area contributed by atoms with Crippen LogP contribution in [0.25, 0.3) is 0 Å². The van der Waals surface area contributed by atoms with Crippen molar-refractivity contribution in [3.05, 3.63) is 11.5 Å². The van der Waals surface area contributed by atoms with Gasteiger partial charge in [0.2, 0.25) is 0 Å². The van der Waals surface area contributed by atoms with Crippen LogP contribution in [-0.2, 0) is 0 Å². The largest absolute Gasteiger partial charge is 0.460 e. The number of hydrogen-bond donors (Lipinski definition) is 0. The highest BCUT2D eigenvalue weighted by atomic mass is 35.7. The van der Waals surface area contributed by atoms with Crippen molar-refractivity contribution in [3.63, 3.8) is 0 Å². The van der Waals surface area contributed by atoms with E-state index < -0.39 is 65.5 Å². The number of halogens is 22. The molecule has 0 unspecified atom stereocenters. The van der Waals surface area contributed by atoms with Crippen LogP contribution in [0.15, 0.2) is 11.5 Å². The molecule has 0 aromatic rings. The predicted octanol–water partition coefficient (Wildman–Crippen LogP) is 8.07. The summed E-state index contributed by atoms with van der Waals surface area (Å²) in [5.41, 5.74) is -11.7. The Morgan fingerprint density at radius 3 is 0.909 bits per heavy atom. The van der Waals surface area contributed by atoms with Gasteiger partial charge in [0.15, 0.2) is 5.45 Å². The summed E-state index contributed by atoms with van der Waals surface area (Å²) in [5.74, 6) is -52.3. The Balaban J connectivity index is 7.06. The lowest BCUT2D eigenvalue weighted by molar-refractivity contribution is -0.458. The van der Waals surface area contributed by atoms with E-state index in [1.165, 1.54) is 0 Å². The van der Waals surface area contributed by atoms with E-state index in [2.05, 4.69) is 22.2 Å². The van der Waals surface area contributed by atoms with Gasteiger partial charge in [-0.1, -0.05) is 0 Å². The summed E-state index contributed by atoms with van der Waals surface area (Å²) < 4.78 is 258. The van der Waals surface area contributed by atoms with E-state index in [9.17, 15) is 87.8 Å². The Hall–Kier alpha value is -0.863. The van der Waals surface area contributed by atoms with Gasteiger partial charge >= 0.3 is 54.0 Å². The van der Waals surface area contributed by atoms with Gasteiger partial charge in [0.1, 0.15) is 0 Å². The zero-order valence-corrected chi connectivity index (χ0v) is 16.3. The van der Waals surface area contributed by atoms with Gasteiger partial charge in [-0.05, 0) is 0 Å². The normalized spacial score (nSPS) is 16.2. The lowest BCUT2D eigenvalue weighted by Gasteiger charge is -2.43. The minimum atomic E-state index is -8.96. The maximum atomic E-state index is 13.6. The molecule has 0 saturated carbocycles. The fourth-order valence-corrected chi connectivity index (χ4v) is 3.82. The van der Waals surface area contributed by atoms with Crippen molar-refractivity contribution in [2.24, 2.45) is 0 Å². The summed E-state index contributed by atoms with van der Waals surface area (Å²) in [6.07, 6.45) is -12.1. The third-order valence-electron chi connectivity index (χ3n) is 3.56. The first-order valence-electron chi connectivity index (χ1n) is 6.66. The van der Waals surface area contributed by atoms with Gasteiger partial charge in [0, 0.05) is 0 Å². The second kappa shape index (κ2) is 8.09. The smallest absolute Gasteiger partial charge is 0.208 e. The summed E-state index contributed by atoms with van der Waals surface area (Å²) in [6, 6.07) is 0. The van der Waals surface area contributed by atoms with Crippen molar-refractivity contribution in [1.82, 2.24) is 0 Å². The summed E-state index contributed by atoms with van der Waals surface area (Å²) in [5, 5.41) is 0. The molecule has 0 spiro atoms. The average molecular weight is 599 g/mol. The number of alkyl halides is 17. The molecule has 33 heavy (non-hydrogen) atoms. The summed E-state index contributed by atoms with van der Waals surface area (Å²) >= 11 is 8.26. The van der Waals surface area contributed by atoms with Gasteiger partial charge in [-0.3, -0.25) is 0 Å². The summed E-state index contributed by atoms with van der Waals surface area (Å²) in [7, 11) is 0. The zero-order valence-electron chi connectivity index (χ0n) is 13.8. The summed E-state index contributed by atoms with van der Waals surface area (Å²) in [6.45, 7) is -7.84. The Labute approximate surface area is 176 Å². The molecule has 0 aromatic carbocycles. The lowest BCUT2D eigenvalue weighted by Crippen LogP contribution is -2.76. The highest BCUT2D eigenvalue weighted by Crippen LogP contribution is 2.65. The molecule has 0 atom stereocenters. The maximum Gasteiger partial charge on any atom is 0.460 e. The molecule has 23 heteroatoms. The number of rotatable bonds is 8. The molecule has 0 aliphatic carbocycles. The molecule has 198 valence electrons. The van der Waals surface area contributed by atoms with E-state index in [4.69, 9.17) is 0 Å². The number of hydrogen-bond acceptors (Lipinski definition) is 0. The van der Waals surface area contributed by atoms with E-state index >= 15 is 0 Å². The first-order chi connectivity index (χ1) is 13.9. The van der Waals surface area contributed by atoms with Crippen LogP contribution in [0.2, 0.25) is 0 Å². The van der Waals surface area contributed by atoms with Crippen LogP contribution < -0.4 is 0 Å². The molecule has 0 aliphatic rings. The van der Waals surface area contributed by atoms with Crippen molar-refractivity contribution in [2.75, 3.05) is 0 Å². The van der Waals surface area contributed by atoms with Crippen LogP contribution in [0.1, 0.15) is 0 Å². The molecular weight excluding hydrogens is 599 g/mol. The van der Waals surface area contributed by atoms with Gasteiger partial charge in [-0.25, -0.2) is 13.2 Å². The highest BCUT2D eigenvalue weighted by Gasteiger charge is 2.96. The maximum absolute atomic E-state index is 13.6. The zero-order chi connectivity index (χ0) is 27.7. The second-order valence-electron chi connectivity index (χ2n) is 5.67.